The maximum atomic E-state index is 12.2. The quantitative estimate of drug-likeness (QED) is 0.788. The van der Waals surface area contributed by atoms with Crippen LogP contribution in [0.15, 0.2) is 21.6 Å². The van der Waals surface area contributed by atoms with E-state index in [2.05, 4.69) is 4.74 Å². The van der Waals surface area contributed by atoms with Crippen molar-refractivity contribution in [2.75, 3.05) is 20.2 Å². The van der Waals surface area contributed by atoms with Crippen LogP contribution < -0.4 is 0 Å². The Kier molecular flexibility index (Phi) is 3.82. The Labute approximate surface area is 115 Å². The van der Waals surface area contributed by atoms with Crippen LogP contribution in [0.2, 0.25) is 0 Å². The molecule has 20 heavy (non-hydrogen) atoms. The van der Waals surface area contributed by atoms with Gasteiger partial charge >= 0.3 is 11.9 Å². The topological polar surface area (TPSA) is 114 Å². The molecule has 1 unspecified atom stereocenters. The molecule has 9 heteroatoms. The van der Waals surface area contributed by atoms with E-state index in [0.717, 1.165) is 17.5 Å². The fourth-order valence-electron chi connectivity index (χ4n) is 1.94. The van der Waals surface area contributed by atoms with Gasteiger partial charge in [0.1, 0.15) is 0 Å². The van der Waals surface area contributed by atoms with Crippen molar-refractivity contribution in [2.45, 2.75) is 11.5 Å². The number of nitrogens with zero attached hydrogens (tertiary/aromatic N) is 1. The van der Waals surface area contributed by atoms with E-state index >= 15 is 0 Å². The summed E-state index contributed by atoms with van der Waals surface area (Å²) < 4.78 is 34.8. The Morgan fingerprint density at radius 1 is 1.45 bits per heavy atom. The molecule has 0 spiro atoms. The summed E-state index contributed by atoms with van der Waals surface area (Å²) in [7, 11) is -2.78. The summed E-state index contributed by atoms with van der Waals surface area (Å²) in [5, 5.41) is 8.47. The number of carbonyl (C=O) groups excluding carboxylic acids is 1. The van der Waals surface area contributed by atoms with Gasteiger partial charge in [0.05, 0.1) is 13.0 Å². The zero-order chi connectivity index (χ0) is 14.9. The van der Waals surface area contributed by atoms with Gasteiger partial charge in [0, 0.05) is 13.1 Å². The molecule has 0 saturated carbocycles. The van der Waals surface area contributed by atoms with Gasteiger partial charge in [-0.1, -0.05) is 0 Å². The van der Waals surface area contributed by atoms with Gasteiger partial charge in [-0.2, -0.15) is 4.31 Å². The van der Waals surface area contributed by atoms with Crippen LogP contribution in [-0.2, 0) is 19.6 Å². The molecule has 2 rings (SSSR count). The molecule has 1 N–H and O–H groups in total. The number of rotatable bonds is 4. The number of methoxy groups -OCH3 is 1. The highest BCUT2D eigenvalue weighted by Gasteiger charge is 2.37. The molecule has 2 heterocycles. The third-order valence-corrected chi connectivity index (χ3v) is 4.80. The lowest BCUT2D eigenvalue weighted by Gasteiger charge is -2.13. The third kappa shape index (κ3) is 2.54. The van der Waals surface area contributed by atoms with E-state index in [1.807, 2.05) is 0 Å². The van der Waals surface area contributed by atoms with Crippen LogP contribution in [-0.4, -0.2) is 50.0 Å². The van der Waals surface area contributed by atoms with Crippen LogP contribution in [0.5, 0.6) is 0 Å². The van der Waals surface area contributed by atoms with E-state index in [1.54, 1.807) is 0 Å². The highest BCUT2D eigenvalue weighted by molar-refractivity contribution is 7.89. The molecule has 8 nitrogen and oxygen atoms in total. The molecule has 1 fully saturated rings. The van der Waals surface area contributed by atoms with Crippen molar-refractivity contribution in [3.05, 3.63) is 17.9 Å². The van der Waals surface area contributed by atoms with Crippen LogP contribution in [0.1, 0.15) is 17.0 Å². The summed E-state index contributed by atoms with van der Waals surface area (Å²) in [6, 6.07) is 2.35. The second-order valence-corrected chi connectivity index (χ2v) is 6.17. The molecule has 1 aromatic rings. The van der Waals surface area contributed by atoms with Gasteiger partial charge in [0.15, 0.2) is 0 Å². The van der Waals surface area contributed by atoms with Gasteiger partial charge in [-0.15, -0.1) is 0 Å². The fraction of sp³-hybridized carbons (Fsp3) is 0.455. The molecule has 0 aromatic carbocycles. The summed E-state index contributed by atoms with van der Waals surface area (Å²) in [5.41, 5.74) is 0. The van der Waals surface area contributed by atoms with Crippen molar-refractivity contribution in [1.82, 2.24) is 4.31 Å². The van der Waals surface area contributed by atoms with E-state index in [9.17, 15) is 18.0 Å². The van der Waals surface area contributed by atoms with Gasteiger partial charge in [-0.25, -0.2) is 13.2 Å². The highest BCUT2D eigenvalue weighted by Crippen LogP contribution is 2.25. The van der Waals surface area contributed by atoms with Crippen LogP contribution in [0.4, 0.5) is 0 Å². The molecule has 1 atom stereocenters. The molecule has 0 bridgehead atoms. The van der Waals surface area contributed by atoms with E-state index in [-0.39, 0.29) is 25.3 Å². The number of hydrogen-bond acceptors (Lipinski definition) is 6. The lowest BCUT2D eigenvalue weighted by Crippen LogP contribution is -2.29. The van der Waals surface area contributed by atoms with Gasteiger partial charge < -0.3 is 14.3 Å². The minimum absolute atomic E-state index is 0.105. The third-order valence-electron chi connectivity index (χ3n) is 3.06. The summed E-state index contributed by atoms with van der Waals surface area (Å²) in [4.78, 5) is 22.1. The van der Waals surface area contributed by atoms with Crippen LogP contribution in [0.25, 0.3) is 0 Å². The summed E-state index contributed by atoms with van der Waals surface area (Å²) in [6.07, 6.45) is 0.249. The maximum absolute atomic E-state index is 12.2. The number of hydrogen-bond donors (Lipinski definition) is 1. The van der Waals surface area contributed by atoms with Crippen LogP contribution >= 0.6 is 0 Å². The normalized spacial score (nSPS) is 19.9. The van der Waals surface area contributed by atoms with E-state index < -0.39 is 33.0 Å². The minimum Gasteiger partial charge on any atom is -0.481 e. The number of sulfonamides is 1. The Bertz CT molecular complexity index is 633. The summed E-state index contributed by atoms with van der Waals surface area (Å²) in [5.74, 6) is -2.76. The zero-order valence-electron chi connectivity index (χ0n) is 10.6. The predicted molar refractivity (Wildman–Crippen MR) is 64.5 cm³/mol. The molecular weight excluding hydrogens is 290 g/mol. The second kappa shape index (κ2) is 5.25. The number of carbonyl (C=O) groups is 2. The summed E-state index contributed by atoms with van der Waals surface area (Å²) >= 11 is 0. The molecule has 110 valence electrons. The van der Waals surface area contributed by atoms with Gasteiger partial charge in [0.25, 0.3) is 10.0 Å². The number of ether oxygens (including phenoxy) is 1. The number of carboxylic acid groups (broad SMARTS) is 1. The van der Waals surface area contributed by atoms with Gasteiger partial charge in [-0.3, -0.25) is 4.79 Å². The first-order valence-electron chi connectivity index (χ1n) is 5.77. The second-order valence-electron chi connectivity index (χ2n) is 4.30. The van der Waals surface area contributed by atoms with Gasteiger partial charge in [0.2, 0.25) is 10.9 Å². The lowest BCUT2D eigenvalue weighted by molar-refractivity contribution is -0.141. The van der Waals surface area contributed by atoms with Crippen LogP contribution in [0, 0.1) is 5.92 Å². The number of carboxylic acids is 1. The molecule has 1 aliphatic rings. The smallest absolute Gasteiger partial charge is 0.374 e. The average Bonchev–Trinajstić information content (AvgIpc) is 3.06. The molecule has 1 aromatic heterocycles. The molecular formula is C11H13NO7S. The van der Waals surface area contributed by atoms with Crippen molar-refractivity contribution in [2.24, 2.45) is 5.92 Å². The average molecular weight is 303 g/mol. The van der Waals surface area contributed by atoms with Crippen LogP contribution in [0.3, 0.4) is 0 Å². The Morgan fingerprint density at radius 2 is 2.15 bits per heavy atom. The number of esters is 1. The van der Waals surface area contributed by atoms with E-state index in [1.165, 1.54) is 6.07 Å². The first kappa shape index (κ1) is 14.5. The number of furan rings is 1. The zero-order valence-corrected chi connectivity index (χ0v) is 11.4. The molecule has 0 aliphatic carbocycles. The fourth-order valence-corrected chi connectivity index (χ4v) is 3.36. The lowest BCUT2D eigenvalue weighted by atomic mass is 10.1. The monoisotopic (exact) mass is 303 g/mol. The standard InChI is InChI=1S/C11H13NO7S/c1-18-11(15)8-2-3-9(19-8)20(16,17)12-5-4-7(6-12)10(13)14/h2-3,7H,4-6H2,1H3,(H,13,14). The van der Waals surface area contributed by atoms with Gasteiger partial charge in [-0.05, 0) is 18.6 Å². The van der Waals surface area contributed by atoms with Crippen molar-refractivity contribution >= 4 is 22.0 Å². The van der Waals surface area contributed by atoms with Crippen molar-refractivity contribution in [1.29, 1.82) is 0 Å². The molecule has 1 aliphatic heterocycles. The Balaban J connectivity index is 2.21. The van der Waals surface area contributed by atoms with Crippen molar-refractivity contribution in [3.8, 4) is 0 Å². The summed E-state index contributed by atoms with van der Waals surface area (Å²) in [6.45, 7) is -0.000514. The van der Waals surface area contributed by atoms with E-state index in [0.29, 0.717) is 0 Å². The SMILES string of the molecule is COC(=O)c1ccc(S(=O)(=O)N2CCC(C(=O)O)C2)o1. The first-order valence-corrected chi connectivity index (χ1v) is 7.21. The highest BCUT2D eigenvalue weighted by atomic mass is 32.2. The molecule has 0 amide bonds. The minimum atomic E-state index is -3.93. The molecule has 1 saturated heterocycles. The first-order chi connectivity index (χ1) is 9.36. The predicted octanol–water partition coefficient (Wildman–Crippen LogP) is 0.161. The molecule has 0 radical (unpaired) electrons. The van der Waals surface area contributed by atoms with Crippen molar-refractivity contribution < 1.29 is 32.3 Å². The largest absolute Gasteiger partial charge is 0.481 e. The maximum Gasteiger partial charge on any atom is 0.374 e. The van der Waals surface area contributed by atoms with Crippen molar-refractivity contribution in [3.63, 3.8) is 0 Å². The van der Waals surface area contributed by atoms with E-state index in [4.69, 9.17) is 9.52 Å². The number of aliphatic carboxylic acids is 1. The Morgan fingerprint density at radius 3 is 2.70 bits per heavy atom. The Hall–Kier alpha value is -1.87.